The van der Waals surface area contributed by atoms with Crippen molar-refractivity contribution in [2.24, 2.45) is 35.5 Å². The number of halogens is 4. The van der Waals surface area contributed by atoms with Gasteiger partial charge in [-0.2, -0.15) is 26.0 Å². The Bertz CT molecular complexity index is 1100. The highest BCUT2D eigenvalue weighted by Crippen LogP contribution is 2.69. The third kappa shape index (κ3) is 3.81. The molecule has 1 heterocycles. The lowest BCUT2D eigenvalue weighted by molar-refractivity contribution is -0.331. The Morgan fingerprint density at radius 3 is 2.16 bits per heavy atom. The van der Waals surface area contributed by atoms with Gasteiger partial charge in [0.25, 0.3) is 0 Å². The van der Waals surface area contributed by atoms with Gasteiger partial charge in [-0.15, -0.1) is 0 Å². The molecule has 6 aliphatic carbocycles. The number of hydrogen-bond donors (Lipinski definition) is 1. The zero-order chi connectivity index (χ0) is 27.7. The monoisotopic (exact) mass is 570 g/mol. The predicted molar refractivity (Wildman–Crippen MR) is 122 cm³/mol. The van der Waals surface area contributed by atoms with Crippen LogP contribution in [0.3, 0.4) is 0 Å². The minimum atomic E-state index is -6.31. The van der Waals surface area contributed by atoms with Crippen molar-refractivity contribution in [1.82, 2.24) is 0 Å². The molecule has 0 aromatic carbocycles. The van der Waals surface area contributed by atoms with Crippen LogP contribution in [0.25, 0.3) is 0 Å². The predicted octanol–water partition coefficient (Wildman–Crippen LogP) is 4.18. The van der Waals surface area contributed by atoms with E-state index in [0.29, 0.717) is 18.8 Å². The molecule has 7 fully saturated rings. The Hall–Kier alpha value is -1.02. The molecule has 1 aliphatic heterocycles. The number of fused-ring (bicyclic) bond motifs is 5. The Labute approximate surface area is 218 Å². The molecule has 13 heteroatoms. The van der Waals surface area contributed by atoms with Crippen LogP contribution in [0.2, 0.25) is 0 Å². The second kappa shape index (κ2) is 8.04. The summed E-state index contributed by atoms with van der Waals surface area (Å²) in [5.74, 6) is -9.72. The highest BCUT2D eigenvalue weighted by Gasteiger charge is 2.77. The maximum Gasteiger partial charge on any atom is 0.431 e. The van der Waals surface area contributed by atoms with Crippen molar-refractivity contribution in [3.05, 3.63) is 0 Å². The maximum atomic E-state index is 14.9. The van der Waals surface area contributed by atoms with Crippen molar-refractivity contribution >= 4 is 16.1 Å². The number of hydrogen-bond acceptors (Lipinski definition) is 7. The standard InChI is InChI=1S/C25H34F4O8S/c1-21(2,3)35-18(30)11-34-22-8-12-4-14(9-22)23(15(5-12)10-22)36-19-13-6-16(20(19)37-23)17(7-13)24(26,27)25(28,29)38(31,32)33/h12-17,19-20H,4-11H2,1-3H3,(H,31,32,33). The fourth-order valence-electron chi connectivity index (χ4n) is 8.83. The summed E-state index contributed by atoms with van der Waals surface area (Å²) < 4.78 is 114. The summed E-state index contributed by atoms with van der Waals surface area (Å²) in [5.41, 5.74) is -1.16. The van der Waals surface area contributed by atoms with Crippen LogP contribution in [-0.4, -0.2) is 65.9 Å². The highest BCUT2D eigenvalue weighted by atomic mass is 32.2. The number of esters is 1. The zero-order valence-electron chi connectivity index (χ0n) is 21.5. The van der Waals surface area contributed by atoms with Crippen molar-refractivity contribution in [3.63, 3.8) is 0 Å². The normalized spacial score (nSPS) is 45.7. The van der Waals surface area contributed by atoms with E-state index in [-0.39, 0.29) is 31.3 Å². The van der Waals surface area contributed by atoms with Crippen LogP contribution in [0.4, 0.5) is 17.6 Å². The average Bonchev–Trinajstić information content (AvgIpc) is 3.45. The Balaban J connectivity index is 1.19. The van der Waals surface area contributed by atoms with Crippen molar-refractivity contribution in [1.29, 1.82) is 0 Å². The molecule has 216 valence electrons. The van der Waals surface area contributed by atoms with Crippen LogP contribution < -0.4 is 0 Å². The molecule has 7 atom stereocenters. The van der Waals surface area contributed by atoms with E-state index in [0.717, 1.165) is 19.3 Å². The molecule has 0 amide bonds. The molecule has 1 N–H and O–H groups in total. The van der Waals surface area contributed by atoms with Gasteiger partial charge in [0.15, 0.2) is 5.79 Å². The first-order chi connectivity index (χ1) is 17.4. The second-order valence-electron chi connectivity index (χ2n) is 13.4. The van der Waals surface area contributed by atoms with E-state index in [1.54, 1.807) is 20.8 Å². The van der Waals surface area contributed by atoms with Gasteiger partial charge < -0.3 is 18.9 Å². The minimum absolute atomic E-state index is 0.101. The Morgan fingerprint density at radius 1 is 0.974 bits per heavy atom. The topological polar surface area (TPSA) is 108 Å². The van der Waals surface area contributed by atoms with Crippen LogP contribution in [0.15, 0.2) is 0 Å². The quantitative estimate of drug-likeness (QED) is 0.288. The van der Waals surface area contributed by atoms with E-state index in [1.165, 1.54) is 0 Å². The largest absolute Gasteiger partial charge is 0.458 e. The van der Waals surface area contributed by atoms with E-state index in [4.69, 9.17) is 23.5 Å². The van der Waals surface area contributed by atoms with Crippen LogP contribution in [0.5, 0.6) is 0 Å². The number of carbonyl (C=O) groups excluding carboxylic acids is 1. The first kappa shape index (κ1) is 27.2. The lowest BCUT2D eigenvalue weighted by Crippen LogP contribution is -2.65. The molecule has 0 aromatic rings. The van der Waals surface area contributed by atoms with Crippen LogP contribution >= 0.6 is 0 Å². The molecule has 0 radical (unpaired) electrons. The van der Waals surface area contributed by atoms with Gasteiger partial charge in [0, 0.05) is 17.8 Å². The van der Waals surface area contributed by atoms with E-state index in [1.807, 2.05) is 0 Å². The molecule has 38 heavy (non-hydrogen) atoms. The van der Waals surface area contributed by atoms with E-state index in [2.05, 4.69) is 0 Å². The number of ether oxygens (including phenoxy) is 4. The third-order valence-electron chi connectivity index (χ3n) is 9.86. The Morgan fingerprint density at radius 2 is 1.58 bits per heavy atom. The van der Waals surface area contributed by atoms with Crippen molar-refractivity contribution in [3.8, 4) is 0 Å². The highest BCUT2D eigenvalue weighted by molar-refractivity contribution is 7.87. The lowest BCUT2D eigenvalue weighted by Gasteiger charge is -2.62. The first-order valence-corrected chi connectivity index (χ1v) is 14.8. The molecule has 7 unspecified atom stereocenters. The summed E-state index contributed by atoms with van der Waals surface area (Å²) >= 11 is 0. The number of carbonyl (C=O) groups is 1. The van der Waals surface area contributed by atoms with Gasteiger partial charge in [0.05, 0.1) is 17.8 Å². The van der Waals surface area contributed by atoms with Crippen molar-refractivity contribution in [2.75, 3.05) is 6.61 Å². The molecule has 8 nitrogen and oxygen atoms in total. The van der Waals surface area contributed by atoms with Gasteiger partial charge in [-0.05, 0) is 83.5 Å². The smallest absolute Gasteiger partial charge is 0.431 e. The van der Waals surface area contributed by atoms with E-state index in [9.17, 15) is 30.8 Å². The molecular formula is C25H34F4O8S. The van der Waals surface area contributed by atoms with Gasteiger partial charge in [-0.3, -0.25) is 4.55 Å². The Kier molecular flexibility index (Phi) is 5.75. The number of alkyl halides is 4. The molecule has 1 spiro atoms. The SMILES string of the molecule is CC(C)(C)OC(=O)COC12CC3CC(C1)C1(OC4C5CC(C4O1)C(C(F)(F)C(F)(F)S(=O)(=O)O)C5)C(C3)C2. The maximum absolute atomic E-state index is 14.9. The molecule has 1 saturated heterocycles. The molecule has 6 bridgehead atoms. The lowest BCUT2D eigenvalue weighted by atomic mass is 9.51. The zero-order valence-corrected chi connectivity index (χ0v) is 22.3. The minimum Gasteiger partial charge on any atom is -0.458 e. The molecular weight excluding hydrogens is 536 g/mol. The van der Waals surface area contributed by atoms with Crippen LogP contribution in [0, 0.1) is 35.5 Å². The second-order valence-corrected chi connectivity index (χ2v) is 14.9. The van der Waals surface area contributed by atoms with E-state index < -0.39 is 74.2 Å². The van der Waals surface area contributed by atoms with Crippen LogP contribution in [-0.2, 0) is 33.9 Å². The summed E-state index contributed by atoms with van der Waals surface area (Å²) in [6.45, 7) is 5.17. The average molecular weight is 571 g/mol. The van der Waals surface area contributed by atoms with Gasteiger partial charge in [-0.1, -0.05) is 0 Å². The summed E-state index contributed by atoms with van der Waals surface area (Å²) in [6, 6.07) is 0. The molecule has 7 rings (SSSR count). The van der Waals surface area contributed by atoms with Crippen molar-refractivity contribution < 1.29 is 54.3 Å². The molecule has 6 saturated carbocycles. The summed E-state index contributed by atoms with van der Waals surface area (Å²) in [7, 11) is -6.31. The fraction of sp³-hybridized carbons (Fsp3) is 0.960. The van der Waals surface area contributed by atoms with Gasteiger partial charge in [0.2, 0.25) is 0 Å². The van der Waals surface area contributed by atoms with Crippen molar-refractivity contribution in [2.45, 2.75) is 106 Å². The van der Waals surface area contributed by atoms with Gasteiger partial charge >= 0.3 is 27.3 Å². The number of rotatable bonds is 6. The van der Waals surface area contributed by atoms with Gasteiger partial charge in [0.1, 0.15) is 12.2 Å². The summed E-state index contributed by atoms with van der Waals surface area (Å²) in [5, 5.41) is -5.59. The van der Waals surface area contributed by atoms with Crippen LogP contribution in [0.1, 0.15) is 65.7 Å². The first-order valence-electron chi connectivity index (χ1n) is 13.3. The molecule has 7 aliphatic rings. The third-order valence-corrected chi connectivity index (χ3v) is 10.8. The summed E-state index contributed by atoms with van der Waals surface area (Å²) in [4.78, 5) is 12.3. The van der Waals surface area contributed by atoms with E-state index >= 15 is 0 Å². The summed E-state index contributed by atoms with van der Waals surface area (Å²) in [6.07, 6.45) is 2.00. The molecule has 0 aromatic heterocycles. The fourth-order valence-corrected chi connectivity index (χ4v) is 9.32. The van der Waals surface area contributed by atoms with Gasteiger partial charge in [-0.25, -0.2) is 4.79 Å².